The monoisotopic (exact) mass is 275 g/mol. The summed E-state index contributed by atoms with van der Waals surface area (Å²) in [5, 5.41) is 0. The lowest BCUT2D eigenvalue weighted by atomic mass is 10.2. The molecule has 2 atom stereocenters. The summed E-state index contributed by atoms with van der Waals surface area (Å²) in [6, 6.07) is 10.1. The average Bonchev–Trinajstić information content (AvgIpc) is 2.72. The van der Waals surface area contributed by atoms with E-state index in [4.69, 9.17) is 9.47 Å². The number of fused-ring (bicyclic) bond motifs is 1. The zero-order valence-corrected chi connectivity index (χ0v) is 11.7. The van der Waals surface area contributed by atoms with E-state index in [1.807, 2.05) is 18.2 Å². The van der Waals surface area contributed by atoms with E-state index >= 15 is 0 Å². The highest BCUT2D eigenvalue weighted by molar-refractivity contribution is 5.89. The van der Waals surface area contributed by atoms with Crippen molar-refractivity contribution < 1.29 is 14.3 Å². The zero-order valence-electron chi connectivity index (χ0n) is 11.7. The van der Waals surface area contributed by atoms with Crippen LogP contribution in [0.5, 0.6) is 0 Å². The normalized spacial score (nSPS) is 26.8. The summed E-state index contributed by atoms with van der Waals surface area (Å²) in [4.78, 5) is 14.4. The van der Waals surface area contributed by atoms with Crippen LogP contribution in [0.15, 0.2) is 30.3 Å². The first kappa shape index (κ1) is 13.6. The van der Waals surface area contributed by atoms with Crippen LogP contribution in [0.25, 0.3) is 0 Å². The van der Waals surface area contributed by atoms with Crippen molar-refractivity contribution in [3.8, 4) is 0 Å². The van der Waals surface area contributed by atoms with Gasteiger partial charge in [-0.2, -0.15) is 0 Å². The molecule has 3 rings (SSSR count). The molecule has 2 saturated heterocycles. The predicted molar refractivity (Wildman–Crippen MR) is 75.7 cm³/mol. The molecule has 0 aromatic heterocycles. The van der Waals surface area contributed by atoms with Crippen molar-refractivity contribution in [1.82, 2.24) is 4.90 Å². The second-order valence-corrected chi connectivity index (χ2v) is 5.52. The molecule has 1 aromatic carbocycles. The summed E-state index contributed by atoms with van der Waals surface area (Å²) in [5.74, 6) is -0.222. The minimum absolute atomic E-state index is 0.222. The SMILES string of the molecule is O=C(OC[C@@H]1CC[C@H]2COCCCN21)c1ccccc1. The van der Waals surface area contributed by atoms with E-state index < -0.39 is 0 Å². The van der Waals surface area contributed by atoms with Gasteiger partial charge < -0.3 is 9.47 Å². The first-order chi connectivity index (χ1) is 9.84. The molecule has 0 saturated carbocycles. The summed E-state index contributed by atoms with van der Waals surface area (Å²) in [6.07, 6.45) is 3.31. The minimum atomic E-state index is -0.222. The zero-order chi connectivity index (χ0) is 13.8. The second kappa shape index (κ2) is 6.37. The van der Waals surface area contributed by atoms with Crippen molar-refractivity contribution >= 4 is 5.97 Å². The molecule has 2 fully saturated rings. The number of hydrogen-bond donors (Lipinski definition) is 0. The van der Waals surface area contributed by atoms with Gasteiger partial charge in [0.15, 0.2) is 0 Å². The Kier molecular flexibility index (Phi) is 4.33. The van der Waals surface area contributed by atoms with Crippen molar-refractivity contribution in [2.45, 2.75) is 31.3 Å². The maximum atomic E-state index is 12.0. The Bertz CT molecular complexity index is 448. The van der Waals surface area contributed by atoms with Gasteiger partial charge >= 0.3 is 5.97 Å². The second-order valence-electron chi connectivity index (χ2n) is 5.52. The van der Waals surface area contributed by atoms with Crippen molar-refractivity contribution in [3.63, 3.8) is 0 Å². The number of benzene rings is 1. The molecule has 0 N–H and O–H groups in total. The molecular formula is C16H21NO3. The molecule has 4 heteroatoms. The van der Waals surface area contributed by atoms with E-state index in [0.717, 1.165) is 39.0 Å². The molecule has 2 heterocycles. The molecule has 2 aliphatic rings. The maximum absolute atomic E-state index is 12.0. The van der Waals surface area contributed by atoms with Crippen molar-refractivity contribution in [2.24, 2.45) is 0 Å². The first-order valence-corrected chi connectivity index (χ1v) is 7.40. The van der Waals surface area contributed by atoms with E-state index in [1.54, 1.807) is 12.1 Å². The first-order valence-electron chi connectivity index (χ1n) is 7.40. The maximum Gasteiger partial charge on any atom is 0.338 e. The Balaban J connectivity index is 1.54. The van der Waals surface area contributed by atoms with E-state index in [-0.39, 0.29) is 5.97 Å². The smallest absolute Gasteiger partial charge is 0.338 e. The van der Waals surface area contributed by atoms with Crippen molar-refractivity contribution in [3.05, 3.63) is 35.9 Å². The molecule has 108 valence electrons. The number of rotatable bonds is 3. The summed E-state index contributed by atoms with van der Waals surface area (Å²) < 4.78 is 11.1. The van der Waals surface area contributed by atoms with Gasteiger partial charge in [0.2, 0.25) is 0 Å². The molecule has 0 amide bonds. The lowest BCUT2D eigenvalue weighted by Crippen LogP contribution is -2.40. The van der Waals surface area contributed by atoms with Gasteiger partial charge in [0.1, 0.15) is 6.61 Å². The highest BCUT2D eigenvalue weighted by Crippen LogP contribution is 2.26. The minimum Gasteiger partial charge on any atom is -0.460 e. The molecule has 0 spiro atoms. The lowest BCUT2D eigenvalue weighted by molar-refractivity contribution is 0.0357. The Hall–Kier alpha value is -1.39. The quantitative estimate of drug-likeness (QED) is 0.792. The Labute approximate surface area is 119 Å². The van der Waals surface area contributed by atoms with E-state index in [2.05, 4.69) is 4.90 Å². The van der Waals surface area contributed by atoms with Gasteiger partial charge in [0.25, 0.3) is 0 Å². The van der Waals surface area contributed by atoms with Crippen LogP contribution in [-0.4, -0.2) is 49.3 Å². The Morgan fingerprint density at radius 3 is 3.00 bits per heavy atom. The van der Waals surface area contributed by atoms with Crippen LogP contribution >= 0.6 is 0 Å². The molecule has 1 aromatic rings. The van der Waals surface area contributed by atoms with Crippen LogP contribution in [0.4, 0.5) is 0 Å². The van der Waals surface area contributed by atoms with E-state index in [0.29, 0.717) is 24.3 Å². The van der Waals surface area contributed by atoms with Crippen molar-refractivity contribution in [1.29, 1.82) is 0 Å². The van der Waals surface area contributed by atoms with Gasteiger partial charge in [-0.15, -0.1) is 0 Å². The third-order valence-corrected chi connectivity index (χ3v) is 4.20. The van der Waals surface area contributed by atoms with Crippen LogP contribution in [-0.2, 0) is 9.47 Å². The fourth-order valence-electron chi connectivity index (χ4n) is 3.14. The van der Waals surface area contributed by atoms with Crippen LogP contribution in [0, 0.1) is 0 Å². The third kappa shape index (κ3) is 3.02. The van der Waals surface area contributed by atoms with Gasteiger partial charge in [0, 0.05) is 25.2 Å². The topological polar surface area (TPSA) is 38.8 Å². The van der Waals surface area contributed by atoms with E-state index in [9.17, 15) is 4.79 Å². The molecule has 0 aliphatic carbocycles. The predicted octanol–water partition coefficient (Wildman–Crippen LogP) is 2.10. The summed E-state index contributed by atoms with van der Waals surface area (Å²) in [7, 11) is 0. The summed E-state index contributed by atoms with van der Waals surface area (Å²) >= 11 is 0. The average molecular weight is 275 g/mol. The fourth-order valence-corrected chi connectivity index (χ4v) is 3.14. The fraction of sp³-hybridized carbons (Fsp3) is 0.562. The number of carbonyl (C=O) groups is 1. The van der Waals surface area contributed by atoms with Gasteiger partial charge in [-0.05, 0) is 31.4 Å². The number of carbonyl (C=O) groups excluding carboxylic acids is 1. The molecular weight excluding hydrogens is 254 g/mol. The van der Waals surface area contributed by atoms with Crippen LogP contribution in [0.2, 0.25) is 0 Å². The standard InChI is InChI=1S/C16H21NO3/c18-16(13-5-2-1-3-6-13)20-12-15-8-7-14-11-19-10-4-9-17(14)15/h1-3,5-6,14-15H,4,7-12H2/t14-,15-/m0/s1. The number of hydrogen-bond acceptors (Lipinski definition) is 4. The summed E-state index contributed by atoms with van der Waals surface area (Å²) in [6.45, 7) is 3.22. The number of nitrogens with zero attached hydrogens (tertiary/aromatic N) is 1. The van der Waals surface area contributed by atoms with Crippen molar-refractivity contribution in [2.75, 3.05) is 26.4 Å². The third-order valence-electron chi connectivity index (χ3n) is 4.20. The highest BCUT2D eigenvalue weighted by atomic mass is 16.5. The summed E-state index contributed by atoms with van der Waals surface area (Å²) in [5.41, 5.74) is 0.626. The molecule has 2 aliphatic heterocycles. The largest absolute Gasteiger partial charge is 0.460 e. The van der Waals surface area contributed by atoms with Gasteiger partial charge in [-0.3, -0.25) is 4.90 Å². The highest BCUT2D eigenvalue weighted by Gasteiger charge is 2.34. The number of ether oxygens (including phenoxy) is 2. The van der Waals surface area contributed by atoms with Crippen LogP contribution in [0.1, 0.15) is 29.6 Å². The molecule has 0 bridgehead atoms. The van der Waals surface area contributed by atoms with Crippen LogP contribution in [0.3, 0.4) is 0 Å². The van der Waals surface area contributed by atoms with Gasteiger partial charge in [-0.25, -0.2) is 4.79 Å². The Morgan fingerprint density at radius 1 is 1.30 bits per heavy atom. The molecule has 20 heavy (non-hydrogen) atoms. The number of esters is 1. The van der Waals surface area contributed by atoms with Gasteiger partial charge in [0.05, 0.1) is 12.2 Å². The van der Waals surface area contributed by atoms with Crippen LogP contribution < -0.4 is 0 Å². The Morgan fingerprint density at radius 2 is 2.15 bits per heavy atom. The molecule has 0 radical (unpaired) electrons. The molecule has 0 unspecified atom stereocenters. The van der Waals surface area contributed by atoms with E-state index in [1.165, 1.54) is 0 Å². The molecule has 4 nitrogen and oxygen atoms in total. The lowest BCUT2D eigenvalue weighted by Gasteiger charge is -2.27. The van der Waals surface area contributed by atoms with Gasteiger partial charge in [-0.1, -0.05) is 18.2 Å².